The van der Waals surface area contributed by atoms with Crippen molar-refractivity contribution in [1.82, 2.24) is 20.8 Å². The Bertz CT molecular complexity index is 1000. The predicted molar refractivity (Wildman–Crippen MR) is 185 cm³/mol. The third-order valence-corrected chi connectivity index (χ3v) is 7.59. The molecule has 0 aromatic heterocycles. The summed E-state index contributed by atoms with van der Waals surface area (Å²) in [5, 5.41) is 18.9. The minimum Gasteiger partial charge on any atom is -0.433 e. The second-order valence-corrected chi connectivity index (χ2v) is 11.5. The average Bonchev–Trinajstić information content (AvgIpc) is 3.02. The first-order chi connectivity index (χ1) is 21.5. The van der Waals surface area contributed by atoms with E-state index in [2.05, 4.69) is 56.9 Å². The molecule has 0 unspecified atom stereocenters. The van der Waals surface area contributed by atoms with Gasteiger partial charge in [0.15, 0.2) is 5.96 Å². The van der Waals surface area contributed by atoms with Crippen LogP contribution < -0.4 is 15.9 Å². The molecule has 0 fully saturated rings. The number of hydrogen-bond acceptors (Lipinski definition) is 5. The van der Waals surface area contributed by atoms with Crippen LogP contribution in [-0.2, 0) is 22.7 Å². The predicted octanol–water partition coefficient (Wildman–Crippen LogP) is 5.33. The van der Waals surface area contributed by atoms with Gasteiger partial charge in [-0.1, -0.05) is 125 Å². The molecule has 2 aromatic rings. The van der Waals surface area contributed by atoms with E-state index < -0.39 is 7.05 Å². The van der Waals surface area contributed by atoms with Crippen LogP contribution in [0.15, 0.2) is 65.6 Å². The van der Waals surface area contributed by atoms with Crippen molar-refractivity contribution in [2.75, 3.05) is 13.1 Å². The van der Waals surface area contributed by atoms with Crippen LogP contribution in [0.5, 0.6) is 0 Å². The first-order valence-corrected chi connectivity index (χ1v) is 16.7. The molecule has 0 heterocycles. The summed E-state index contributed by atoms with van der Waals surface area (Å²) in [5.74, 6) is 0.373. The number of carbonyl (C=O) groups is 2. The maximum atomic E-state index is 13.8. The van der Waals surface area contributed by atoms with E-state index in [9.17, 15) is 14.6 Å². The van der Waals surface area contributed by atoms with Crippen LogP contribution in [0.25, 0.3) is 0 Å². The number of nitrogens with one attached hydrogen (secondary N) is 3. The Morgan fingerprint density at radius 2 is 1.36 bits per heavy atom. The van der Waals surface area contributed by atoms with Crippen molar-refractivity contribution in [3.05, 3.63) is 71.8 Å². The molecule has 1 amide bonds. The van der Waals surface area contributed by atoms with Gasteiger partial charge in [0.2, 0.25) is 5.91 Å². The lowest BCUT2D eigenvalue weighted by atomic mass is 9.89. The van der Waals surface area contributed by atoms with Crippen molar-refractivity contribution in [3.8, 4) is 0 Å². The van der Waals surface area contributed by atoms with Crippen LogP contribution in [0.4, 0.5) is 0 Å². The summed E-state index contributed by atoms with van der Waals surface area (Å²) < 4.78 is 0. The fourth-order valence-electron chi connectivity index (χ4n) is 5.27. The van der Waals surface area contributed by atoms with Gasteiger partial charge in [-0.2, -0.15) is 0 Å². The van der Waals surface area contributed by atoms with Gasteiger partial charge >= 0.3 is 14.5 Å². The normalized spacial score (nSPS) is 12.0. The van der Waals surface area contributed by atoms with E-state index in [0.29, 0.717) is 51.2 Å². The van der Waals surface area contributed by atoms with Gasteiger partial charge in [-0.05, 0) is 37.2 Å². The van der Waals surface area contributed by atoms with E-state index in [1.54, 1.807) is 6.82 Å². The number of carbonyl (C=O) groups excluding carboxylic acids is 2. The third-order valence-electron chi connectivity index (χ3n) is 7.59. The number of guanidine groups is 1. The molecule has 0 aliphatic rings. The number of rotatable bonds is 24. The average molecular weight is 602 g/mol. The van der Waals surface area contributed by atoms with Crippen LogP contribution in [0.2, 0.25) is 6.82 Å². The van der Waals surface area contributed by atoms with Gasteiger partial charge in [0.25, 0.3) is 0 Å². The minimum absolute atomic E-state index is 0.0538. The molecule has 2 aromatic carbocycles. The van der Waals surface area contributed by atoms with E-state index in [-0.39, 0.29) is 11.9 Å². The zero-order valence-corrected chi connectivity index (χ0v) is 27.1. The second kappa shape index (κ2) is 24.2. The van der Waals surface area contributed by atoms with Crippen LogP contribution in [0, 0.1) is 0 Å². The number of amides is 1. The molecule has 2 rings (SSSR count). The third kappa shape index (κ3) is 17.3. The molecule has 44 heavy (non-hydrogen) atoms. The van der Waals surface area contributed by atoms with Crippen molar-refractivity contribution < 1.29 is 14.6 Å². The lowest BCUT2D eigenvalue weighted by Gasteiger charge is -2.31. The van der Waals surface area contributed by atoms with Crippen LogP contribution in [-0.4, -0.2) is 61.6 Å². The molecule has 1 radical (unpaired) electrons. The number of benzene rings is 2. The number of nitrogens with zero attached hydrogens (tertiary/aromatic N) is 2. The highest BCUT2D eigenvalue weighted by atomic mass is 16.2. The lowest BCUT2D eigenvalue weighted by Crippen LogP contribution is -2.48. The second-order valence-electron chi connectivity index (χ2n) is 11.5. The van der Waals surface area contributed by atoms with Gasteiger partial charge in [-0.15, -0.1) is 0 Å². The molecule has 10 heteroatoms. The van der Waals surface area contributed by atoms with Gasteiger partial charge in [0.05, 0.1) is 6.04 Å². The fraction of sp³-hybridized carbons (Fsp3) is 0.559. The van der Waals surface area contributed by atoms with Gasteiger partial charge < -0.3 is 30.6 Å². The molecule has 4 N–H and O–H groups in total. The standard InChI is InChI=1S/C34H54B2N5O3/c1-3-4-5-6-7-8-9-10-11-18-25-37-33(43)32(24-19-26-38-34(39-35-29-42)40-36(2)44)41(27-30-20-14-12-15-21-30)28-31-22-16-13-17-23-31/h12-17,20-23,29,32,44H,3-11,18-19,24-28H2,1-2H3,(H,37,43)(H2,38,39,40)/t32-/m0/s1. The largest absolute Gasteiger partial charge is 0.433 e. The SMILES string of the molecule is CCCCCCCCCCCCNC(=O)[C@H](CCCNC(=N[B]C=O)NB(C)O)N(Cc1ccccc1)Cc1ccccc1. The smallest absolute Gasteiger partial charge is 0.409 e. The molecule has 239 valence electrons. The van der Waals surface area contributed by atoms with Crippen molar-refractivity contribution in [2.24, 2.45) is 4.90 Å². The molecular formula is C34H54B2N5O3. The lowest BCUT2D eigenvalue weighted by molar-refractivity contribution is -0.127. The summed E-state index contributed by atoms with van der Waals surface area (Å²) in [6, 6.07) is 20.2. The van der Waals surface area contributed by atoms with Crippen LogP contribution >= 0.6 is 0 Å². The number of unbranched alkanes of at least 4 members (excludes halogenated alkanes) is 9. The zero-order chi connectivity index (χ0) is 31.7. The highest BCUT2D eigenvalue weighted by Crippen LogP contribution is 2.17. The van der Waals surface area contributed by atoms with Gasteiger partial charge in [-0.25, -0.2) is 0 Å². The monoisotopic (exact) mass is 602 g/mol. The van der Waals surface area contributed by atoms with E-state index in [0.717, 1.165) is 31.4 Å². The zero-order valence-electron chi connectivity index (χ0n) is 27.1. The highest BCUT2D eigenvalue weighted by molar-refractivity contribution is 6.66. The Balaban J connectivity index is 2.01. The van der Waals surface area contributed by atoms with Crippen molar-refractivity contribution >= 4 is 32.5 Å². The maximum Gasteiger partial charge on any atom is 0.409 e. The summed E-state index contributed by atoms with van der Waals surface area (Å²) in [6.45, 7) is 6.36. The van der Waals surface area contributed by atoms with E-state index in [1.807, 2.05) is 36.4 Å². The quantitative estimate of drug-likeness (QED) is 0.0426. The summed E-state index contributed by atoms with van der Waals surface area (Å²) in [6.07, 6.45) is 14.5. The topological polar surface area (TPSA) is 106 Å². The Hall–Kier alpha value is -3.10. The fourth-order valence-corrected chi connectivity index (χ4v) is 5.27. The molecular weight excluding hydrogens is 548 g/mol. The molecule has 0 saturated heterocycles. The first-order valence-electron chi connectivity index (χ1n) is 16.7. The highest BCUT2D eigenvalue weighted by Gasteiger charge is 2.26. The summed E-state index contributed by atoms with van der Waals surface area (Å²) in [7, 11) is 0.307. The molecule has 0 spiro atoms. The molecule has 1 atom stereocenters. The first kappa shape index (κ1) is 37.1. The van der Waals surface area contributed by atoms with Crippen LogP contribution in [0.3, 0.4) is 0 Å². The van der Waals surface area contributed by atoms with Crippen LogP contribution in [0.1, 0.15) is 95.1 Å². The summed E-state index contributed by atoms with van der Waals surface area (Å²) in [4.78, 5) is 30.8. The Morgan fingerprint density at radius 1 is 0.841 bits per heavy atom. The molecule has 0 aliphatic heterocycles. The maximum absolute atomic E-state index is 13.8. The van der Waals surface area contributed by atoms with Crippen molar-refractivity contribution in [1.29, 1.82) is 0 Å². The minimum atomic E-state index is -0.821. The Labute approximate surface area is 267 Å². The molecule has 0 aliphatic carbocycles. The molecule has 8 nitrogen and oxygen atoms in total. The van der Waals surface area contributed by atoms with E-state index >= 15 is 0 Å². The summed E-state index contributed by atoms with van der Waals surface area (Å²) in [5.41, 5.74) is 2.32. The molecule has 0 bridgehead atoms. The van der Waals surface area contributed by atoms with E-state index in [4.69, 9.17) is 0 Å². The van der Waals surface area contributed by atoms with Gasteiger partial charge in [0, 0.05) is 26.2 Å². The Kier molecular flexibility index (Phi) is 20.4. The summed E-state index contributed by atoms with van der Waals surface area (Å²) >= 11 is 0. The molecule has 0 saturated carbocycles. The van der Waals surface area contributed by atoms with Crippen molar-refractivity contribution in [2.45, 2.75) is 110 Å². The Morgan fingerprint density at radius 3 is 1.89 bits per heavy atom. The van der Waals surface area contributed by atoms with Gasteiger partial charge in [-0.3, -0.25) is 9.69 Å². The van der Waals surface area contributed by atoms with Crippen molar-refractivity contribution in [3.63, 3.8) is 0 Å². The van der Waals surface area contributed by atoms with E-state index in [1.165, 1.54) is 51.4 Å². The van der Waals surface area contributed by atoms with Gasteiger partial charge in [0.1, 0.15) is 6.19 Å². The number of hydrogen-bond donors (Lipinski definition) is 4.